The molecule has 1 atom stereocenters. The summed E-state index contributed by atoms with van der Waals surface area (Å²) in [5, 5.41) is 10.8. The molecule has 1 heterocycles. The normalized spacial score (nSPS) is 12.5. The number of ether oxygens (including phenoxy) is 1. The molecule has 0 aliphatic heterocycles. The van der Waals surface area contributed by atoms with Gasteiger partial charge in [0.25, 0.3) is 0 Å². The predicted octanol–water partition coefficient (Wildman–Crippen LogP) is 4.79. The second kappa shape index (κ2) is 7.53. The highest BCUT2D eigenvalue weighted by atomic mass is 35.5. The largest absolute Gasteiger partial charge is 0.491 e. The van der Waals surface area contributed by atoms with E-state index in [1.54, 1.807) is 29.2 Å². The number of halogens is 1. The molecule has 3 aromatic rings. The zero-order chi connectivity index (χ0) is 16.2. The van der Waals surface area contributed by atoms with Gasteiger partial charge in [-0.15, -0.1) is 11.3 Å². The van der Waals surface area contributed by atoms with Gasteiger partial charge in [0.05, 0.1) is 16.3 Å². The third-order valence-electron chi connectivity index (χ3n) is 3.25. The highest BCUT2D eigenvalue weighted by Crippen LogP contribution is 2.29. The number of aryl methyl sites for hydroxylation is 1. The van der Waals surface area contributed by atoms with Crippen LogP contribution in [0.4, 0.5) is 0 Å². The number of rotatable bonds is 6. The molecule has 6 heteroatoms. The molecule has 0 aliphatic rings. The molecule has 0 spiro atoms. The van der Waals surface area contributed by atoms with Crippen molar-refractivity contribution in [1.82, 2.24) is 4.98 Å². The van der Waals surface area contributed by atoms with Gasteiger partial charge >= 0.3 is 0 Å². The SMILES string of the molecule is Cc1cc(OCC(O)CSc2nc3ccccc3s2)ccc1Cl. The van der Waals surface area contributed by atoms with Gasteiger partial charge in [0.1, 0.15) is 12.4 Å². The highest BCUT2D eigenvalue weighted by Gasteiger charge is 2.10. The van der Waals surface area contributed by atoms with Gasteiger partial charge in [0.15, 0.2) is 4.34 Å². The van der Waals surface area contributed by atoms with Crippen LogP contribution in [0.3, 0.4) is 0 Å². The van der Waals surface area contributed by atoms with Crippen LogP contribution in [-0.2, 0) is 0 Å². The molecule has 0 radical (unpaired) electrons. The number of aromatic nitrogens is 1. The fraction of sp³-hybridized carbons (Fsp3) is 0.235. The topological polar surface area (TPSA) is 42.4 Å². The summed E-state index contributed by atoms with van der Waals surface area (Å²) in [4.78, 5) is 4.54. The van der Waals surface area contributed by atoms with Crippen LogP contribution in [0.2, 0.25) is 5.02 Å². The number of nitrogens with zero attached hydrogens (tertiary/aromatic N) is 1. The Labute approximate surface area is 148 Å². The van der Waals surface area contributed by atoms with Gasteiger partial charge in [-0.05, 0) is 42.8 Å². The van der Waals surface area contributed by atoms with Crippen molar-refractivity contribution < 1.29 is 9.84 Å². The van der Waals surface area contributed by atoms with Crippen molar-refractivity contribution in [3.05, 3.63) is 53.1 Å². The van der Waals surface area contributed by atoms with E-state index in [1.165, 1.54) is 0 Å². The van der Waals surface area contributed by atoms with Gasteiger partial charge in [0.2, 0.25) is 0 Å². The van der Waals surface area contributed by atoms with E-state index in [0.717, 1.165) is 25.9 Å². The average molecular weight is 366 g/mol. The molecule has 3 nitrogen and oxygen atoms in total. The maximum atomic E-state index is 10.1. The first-order valence-electron chi connectivity index (χ1n) is 7.17. The second-order valence-electron chi connectivity index (χ2n) is 5.13. The molecular weight excluding hydrogens is 350 g/mol. The Morgan fingerprint density at radius 3 is 2.91 bits per heavy atom. The van der Waals surface area contributed by atoms with Crippen molar-refractivity contribution in [3.8, 4) is 5.75 Å². The third-order valence-corrected chi connectivity index (χ3v) is 5.99. The van der Waals surface area contributed by atoms with Gasteiger partial charge in [-0.25, -0.2) is 4.98 Å². The summed E-state index contributed by atoms with van der Waals surface area (Å²) in [6.07, 6.45) is -0.553. The van der Waals surface area contributed by atoms with Crippen LogP contribution in [0, 0.1) is 6.92 Å². The third kappa shape index (κ3) is 4.38. The van der Waals surface area contributed by atoms with Crippen LogP contribution in [0.5, 0.6) is 5.75 Å². The van der Waals surface area contributed by atoms with E-state index < -0.39 is 6.10 Å². The van der Waals surface area contributed by atoms with Crippen molar-refractivity contribution in [2.75, 3.05) is 12.4 Å². The summed E-state index contributed by atoms with van der Waals surface area (Å²) in [5.74, 6) is 1.27. The van der Waals surface area contributed by atoms with Crippen LogP contribution >= 0.6 is 34.7 Å². The van der Waals surface area contributed by atoms with E-state index >= 15 is 0 Å². The van der Waals surface area contributed by atoms with E-state index in [-0.39, 0.29) is 6.61 Å². The number of benzene rings is 2. The lowest BCUT2D eigenvalue weighted by molar-refractivity contribution is 0.126. The second-order valence-corrected chi connectivity index (χ2v) is 7.84. The molecular formula is C17H16ClNO2S2. The van der Waals surface area contributed by atoms with Crippen LogP contribution in [0.25, 0.3) is 10.2 Å². The zero-order valence-electron chi connectivity index (χ0n) is 12.5. The Bertz CT molecular complexity index is 773. The van der Waals surface area contributed by atoms with Gasteiger partial charge < -0.3 is 9.84 Å². The van der Waals surface area contributed by atoms with Crippen molar-refractivity contribution >= 4 is 44.9 Å². The lowest BCUT2D eigenvalue weighted by Gasteiger charge is -2.12. The van der Waals surface area contributed by atoms with Crippen molar-refractivity contribution in [2.45, 2.75) is 17.4 Å². The standard InChI is InChI=1S/C17H16ClNO2S2/c1-11-8-13(6-7-14(11)18)21-9-12(20)10-22-17-19-15-4-2-3-5-16(15)23-17/h2-8,12,20H,9-10H2,1H3. The maximum Gasteiger partial charge on any atom is 0.151 e. The fourth-order valence-corrected chi connectivity index (χ4v) is 4.15. The molecule has 0 fully saturated rings. The number of thiazole rings is 1. The summed E-state index contributed by atoms with van der Waals surface area (Å²) in [6.45, 7) is 2.17. The first-order chi connectivity index (χ1) is 11.1. The van der Waals surface area contributed by atoms with Crippen molar-refractivity contribution in [1.29, 1.82) is 0 Å². The Hall–Kier alpha value is -1.27. The minimum atomic E-state index is -0.553. The van der Waals surface area contributed by atoms with Gasteiger partial charge in [-0.2, -0.15) is 0 Å². The summed E-state index contributed by atoms with van der Waals surface area (Å²) in [6, 6.07) is 13.5. The number of fused-ring (bicyclic) bond motifs is 1. The molecule has 1 N–H and O–H groups in total. The molecule has 1 aromatic heterocycles. The van der Waals surface area contributed by atoms with Crippen LogP contribution in [0.15, 0.2) is 46.8 Å². The molecule has 0 amide bonds. The van der Waals surface area contributed by atoms with E-state index in [9.17, 15) is 5.11 Å². The Morgan fingerprint density at radius 1 is 1.30 bits per heavy atom. The highest BCUT2D eigenvalue weighted by molar-refractivity contribution is 8.01. The van der Waals surface area contributed by atoms with Crippen LogP contribution in [0.1, 0.15) is 5.56 Å². The quantitative estimate of drug-likeness (QED) is 0.638. The molecule has 0 aliphatic carbocycles. The molecule has 120 valence electrons. The fourth-order valence-electron chi connectivity index (χ4n) is 2.03. The smallest absolute Gasteiger partial charge is 0.151 e. The van der Waals surface area contributed by atoms with E-state index in [0.29, 0.717) is 10.8 Å². The minimum Gasteiger partial charge on any atom is -0.491 e. The van der Waals surface area contributed by atoms with Gasteiger partial charge in [0, 0.05) is 10.8 Å². The molecule has 0 saturated carbocycles. The van der Waals surface area contributed by atoms with E-state index in [2.05, 4.69) is 11.1 Å². The number of hydrogen-bond acceptors (Lipinski definition) is 5. The minimum absolute atomic E-state index is 0.249. The number of aliphatic hydroxyl groups excluding tert-OH is 1. The number of thioether (sulfide) groups is 1. The zero-order valence-corrected chi connectivity index (χ0v) is 14.9. The monoisotopic (exact) mass is 365 g/mol. The van der Waals surface area contributed by atoms with Crippen LogP contribution in [-0.4, -0.2) is 28.6 Å². The van der Waals surface area contributed by atoms with Crippen molar-refractivity contribution in [2.24, 2.45) is 0 Å². The molecule has 3 rings (SSSR count). The predicted molar refractivity (Wildman–Crippen MR) is 98.0 cm³/mol. The Balaban J connectivity index is 1.51. The first kappa shape index (κ1) is 16.6. The molecule has 0 bridgehead atoms. The summed E-state index contributed by atoms with van der Waals surface area (Å²) in [5.41, 5.74) is 1.96. The average Bonchev–Trinajstić information content (AvgIpc) is 2.97. The maximum absolute atomic E-state index is 10.1. The Morgan fingerprint density at radius 2 is 2.13 bits per heavy atom. The lowest BCUT2D eigenvalue weighted by atomic mass is 10.2. The summed E-state index contributed by atoms with van der Waals surface area (Å²) < 4.78 is 7.74. The summed E-state index contributed by atoms with van der Waals surface area (Å²) >= 11 is 9.17. The number of para-hydroxylation sites is 1. The number of hydrogen-bond donors (Lipinski definition) is 1. The van der Waals surface area contributed by atoms with E-state index in [1.807, 2.05) is 37.3 Å². The Kier molecular flexibility index (Phi) is 5.43. The molecule has 1 unspecified atom stereocenters. The lowest BCUT2D eigenvalue weighted by Crippen LogP contribution is -2.20. The van der Waals surface area contributed by atoms with E-state index in [4.69, 9.17) is 16.3 Å². The first-order valence-corrected chi connectivity index (χ1v) is 9.35. The van der Waals surface area contributed by atoms with Gasteiger partial charge in [-0.3, -0.25) is 0 Å². The van der Waals surface area contributed by atoms with Gasteiger partial charge in [-0.1, -0.05) is 35.5 Å². The number of aliphatic hydroxyl groups is 1. The van der Waals surface area contributed by atoms with Crippen LogP contribution < -0.4 is 4.74 Å². The van der Waals surface area contributed by atoms with Crippen molar-refractivity contribution in [3.63, 3.8) is 0 Å². The molecule has 0 saturated heterocycles. The molecule has 23 heavy (non-hydrogen) atoms. The molecule has 2 aromatic carbocycles. The summed E-state index contributed by atoms with van der Waals surface area (Å²) in [7, 11) is 0.